The Balaban J connectivity index is 1.55. The zero-order valence-electron chi connectivity index (χ0n) is 20.8. The smallest absolute Gasteiger partial charge is 0.306 e. The number of carbonyl (C=O) groups is 2. The van der Waals surface area contributed by atoms with Gasteiger partial charge in [0, 0.05) is 38.7 Å². The Kier molecular flexibility index (Phi) is 9.14. The van der Waals surface area contributed by atoms with Gasteiger partial charge < -0.3 is 23.8 Å². The summed E-state index contributed by atoms with van der Waals surface area (Å²) in [6.07, 6.45) is 11.2. The molecule has 2 saturated heterocycles. The number of ether oxygens (including phenoxy) is 4. The lowest BCUT2D eigenvalue weighted by molar-refractivity contribution is -0.306. The molecule has 0 N–H and O–H groups in total. The number of carbonyl (C=O) groups excluding carboxylic acids is 2. The van der Waals surface area contributed by atoms with E-state index < -0.39 is 5.79 Å². The van der Waals surface area contributed by atoms with Gasteiger partial charge in [0.05, 0.1) is 19.3 Å². The van der Waals surface area contributed by atoms with Gasteiger partial charge in [-0.1, -0.05) is 36.0 Å². The molecular formula is C27H37NO6S. The largest absolute Gasteiger partial charge is 0.497 e. The van der Waals surface area contributed by atoms with Gasteiger partial charge >= 0.3 is 5.97 Å². The van der Waals surface area contributed by atoms with Crippen molar-refractivity contribution in [1.82, 2.24) is 4.90 Å². The van der Waals surface area contributed by atoms with Gasteiger partial charge in [0.25, 0.3) is 5.24 Å². The highest BCUT2D eigenvalue weighted by molar-refractivity contribution is 8.13. The fourth-order valence-corrected chi connectivity index (χ4v) is 6.31. The Morgan fingerprint density at radius 2 is 1.83 bits per heavy atom. The number of hydrogen-bond donors (Lipinski definition) is 0. The Morgan fingerprint density at radius 1 is 1.06 bits per heavy atom. The first-order valence-electron chi connectivity index (χ1n) is 12.7. The average Bonchev–Trinajstić information content (AvgIpc) is 3.23. The fraction of sp³-hybridized carbons (Fsp3) is 0.630. The second-order valence-electron chi connectivity index (χ2n) is 9.52. The molecule has 2 fully saturated rings. The molecule has 0 saturated carbocycles. The lowest BCUT2D eigenvalue weighted by Gasteiger charge is -2.48. The molecule has 0 spiro atoms. The summed E-state index contributed by atoms with van der Waals surface area (Å²) in [6, 6.07) is 7.46. The summed E-state index contributed by atoms with van der Waals surface area (Å²) in [6.45, 7) is 0.453. The SMILES string of the molecule is COc1ccc(CN2C(=O)SC[C@H]2[C@@]2(OC)C[C@H]3C[C@@H](CCCC=CCCCCC(=O)O3)O2)cc1. The van der Waals surface area contributed by atoms with E-state index in [1.165, 1.54) is 11.8 Å². The van der Waals surface area contributed by atoms with E-state index in [4.69, 9.17) is 18.9 Å². The third-order valence-electron chi connectivity index (χ3n) is 7.11. The Hall–Kier alpha value is -2.03. The third kappa shape index (κ3) is 6.60. The van der Waals surface area contributed by atoms with Crippen LogP contribution in [0.1, 0.15) is 63.4 Å². The van der Waals surface area contributed by atoms with Crippen LogP contribution in [0, 0.1) is 0 Å². The molecule has 2 bridgehead atoms. The number of amides is 1. The van der Waals surface area contributed by atoms with E-state index in [9.17, 15) is 9.59 Å². The van der Waals surface area contributed by atoms with Crippen LogP contribution in [0.4, 0.5) is 4.79 Å². The molecule has 8 heteroatoms. The van der Waals surface area contributed by atoms with Crippen LogP contribution in [0.25, 0.3) is 0 Å². The highest BCUT2D eigenvalue weighted by Crippen LogP contribution is 2.43. The number of fused-ring (bicyclic) bond motifs is 2. The normalized spacial score (nSPS) is 30.6. The van der Waals surface area contributed by atoms with Gasteiger partial charge in [0.15, 0.2) is 5.79 Å². The number of hydrogen-bond acceptors (Lipinski definition) is 7. The van der Waals surface area contributed by atoms with Gasteiger partial charge in [0.1, 0.15) is 11.9 Å². The Morgan fingerprint density at radius 3 is 2.57 bits per heavy atom. The van der Waals surface area contributed by atoms with Crippen molar-refractivity contribution in [1.29, 1.82) is 0 Å². The summed E-state index contributed by atoms with van der Waals surface area (Å²) in [5.74, 6) is 0.165. The first kappa shape index (κ1) is 26.0. The maximum absolute atomic E-state index is 12.9. The molecule has 1 aromatic rings. The molecule has 3 aliphatic heterocycles. The number of nitrogens with zero attached hydrogens (tertiary/aromatic N) is 1. The minimum absolute atomic E-state index is 0.00814. The maximum Gasteiger partial charge on any atom is 0.306 e. The van der Waals surface area contributed by atoms with E-state index in [0.717, 1.165) is 49.8 Å². The molecule has 1 amide bonds. The van der Waals surface area contributed by atoms with Gasteiger partial charge in [-0.15, -0.1) is 0 Å². The average molecular weight is 504 g/mol. The van der Waals surface area contributed by atoms with Crippen LogP contribution in [0.15, 0.2) is 36.4 Å². The molecular weight excluding hydrogens is 466 g/mol. The van der Waals surface area contributed by atoms with Crippen molar-refractivity contribution in [2.45, 2.75) is 88.4 Å². The molecule has 4 rings (SSSR count). The van der Waals surface area contributed by atoms with Gasteiger partial charge in [-0.3, -0.25) is 9.59 Å². The number of allylic oxidation sites excluding steroid dienone is 2. The summed E-state index contributed by atoms with van der Waals surface area (Å²) in [4.78, 5) is 27.4. The molecule has 3 aliphatic rings. The minimum Gasteiger partial charge on any atom is -0.497 e. The minimum atomic E-state index is -1.02. The topological polar surface area (TPSA) is 74.3 Å². The molecule has 3 heterocycles. The first-order chi connectivity index (χ1) is 17.0. The Bertz CT molecular complexity index is 890. The zero-order chi connectivity index (χ0) is 24.7. The van der Waals surface area contributed by atoms with E-state index in [0.29, 0.717) is 31.6 Å². The van der Waals surface area contributed by atoms with Crippen LogP contribution in [0.3, 0.4) is 0 Å². The molecule has 35 heavy (non-hydrogen) atoms. The highest BCUT2D eigenvalue weighted by Gasteiger charge is 2.54. The monoisotopic (exact) mass is 503 g/mol. The van der Waals surface area contributed by atoms with Crippen LogP contribution in [0.5, 0.6) is 5.75 Å². The lowest BCUT2D eigenvalue weighted by atomic mass is 9.90. The van der Waals surface area contributed by atoms with Crippen molar-refractivity contribution in [3.63, 3.8) is 0 Å². The predicted molar refractivity (Wildman–Crippen MR) is 135 cm³/mol. The summed E-state index contributed by atoms with van der Waals surface area (Å²) in [5, 5.41) is 0.00814. The van der Waals surface area contributed by atoms with Gasteiger partial charge in [-0.25, -0.2) is 0 Å². The lowest BCUT2D eigenvalue weighted by Crippen LogP contribution is -2.60. The van der Waals surface area contributed by atoms with E-state index in [2.05, 4.69) is 12.2 Å². The number of methoxy groups -OCH3 is 2. The molecule has 0 radical (unpaired) electrons. The molecule has 192 valence electrons. The number of thioether (sulfide) groups is 1. The molecule has 0 aliphatic carbocycles. The van der Waals surface area contributed by atoms with E-state index in [1.54, 1.807) is 14.2 Å². The summed E-state index contributed by atoms with van der Waals surface area (Å²) in [5.41, 5.74) is 1.01. The van der Waals surface area contributed by atoms with Gasteiger partial charge in [-0.2, -0.15) is 0 Å². The van der Waals surface area contributed by atoms with Gasteiger partial charge in [-0.05, 0) is 56.2 Å². The quantitative estimate of drug-likeness (QED) is 0.390. The van der Waals surface area contributed by atoms with Crippen LogP contribution < -0.4 is 4.74 Å². The van der Waals surface area contributed by atoms with Crippen molar-refractivity contribution in [3.8, 4) is 5.75 Å². The summed E-state index contributed by atoms with van der Waals surface area (Å²) in [7, 11) is 3.28. The number of rotatable bonds is 5. The van der Waals surface area contributed by atoms with Crippen LogP contribution >= 0.6 is 11.8 Å². The molecule has 0 aromatic heterocycles. The molecule has 7 nitrogen and oxygen atoms in total. The predicted octanol–water partition coefficient (Wildman–Crippen LogP) is 5.47. The van der Waals surface area contributed by atoms with Crippen molar-refractivity contribution in [2.75, 3.05) is 20.0 Å². The van der Waals surface area contributed by atoms with Crippen molar-refractivity contribution >= 4 is 23.0 Å². The second kappa shape index (κ2) is 12.3. The summed E-state index contributed by atoms with van der Waals surface area (Å²) >= 11 is 1.29. The first-order valence-corrected chi connectivity index (χ1v) is 13.7. The molecule has 1 aromatic carbocycles. The van der Waals surface area contributed by atoms with Crippen LogP contribution in [0.2, 0.25) is 0 Å². The van der Waals surface area contributed by atoms with E-state index in [1.807, 2.05) is 29.2 Å². The van der Waals surface area contributed by atoms with Crippen LogP contribution in [-0.2, 0) is 25.5 Å². The molecule has 4 atom stereocenters. The highest BCUT2D eigenvalue weighted by atomic mass is 32.2. The van der Waals surface area contributed by atoms with Crippen molar-refractivity contribution < 1.29 is 28.5 Å². The van der Waals surface area contributed by atoms with E-state index in [-0.39, 0.29) is 29.5 Å². The summed E-state index contributed by atoms with van der Waals surface area (Å²) < 4.78 is 24.0. The van der Waals surface area contributed by atoms with E-state index >= 15 is 0 Å². The second-order valence-corrected chi connectivity index (χ2v) is 10.5. The number of esters is 1. The molecule has 0 unspecified atom stereocenters. The van der Waals surface area contributed by atoms with Gasteiger partial charge in [0.2, 0.25) is 0 Å². The Labute approximate surface area is 212 Å². The van der Waals surface area contributed by atoms with Crippen LogP contribution in [-0.4, -0.2) is 60.1 Å². The third-order valence-corrected chi connectivity index (χ3v) is 8.07. The standard InChI is InChI=1S/C27H37NO6S/c1-31-21-14-12-20(13-15-21)18-28-24(19-35-26(28)30)27(32-2)17-23-16-22(34-27)10-8-6-4-3-5-7-9-11-25(29)33-23/h3-4,12-15,22-24H,5-11,16-19H2,1-2H3/t22-,23-,24+,27-/m1/s1. The van der Waals surface area contributed by atoms with Crippen molar-refractivity contribution in [2.24, 2.45) is 0 Å². The zero-order valence-corrected chi connectivity index (χ0v) is 21.6. The number of benzene rings is 1. The van der Waals surface area contributed by atoms with Crippen molar-refractivity contribution in [3.05, 3.63) is 42.0 Å². The fourth-order valence-electron chi connectivity index (χ4n) is 5.21. The maximum atomic E-state index is 12.9.